The van der Waals surface area contributed by atoms with Gasteiger partial charge in [-0.15, -0.1) is 0 Å². The summed E-state index contributed by atoms with van der Waals surface area (Å²) in [5, 5.41) is 0. The summed E-state index contributed by atoms with van der Waals surface area (Å²) in [6.07, 6.45) is 2.94. The van der Waals surface area contributed by atoms with Crippen molar-refractivity contribution in [2.75, 3.05) is 37.7 Å². The van der Waals surface area contributed by atoms with Gasteiger partial charge in [0.1, 0.15) is 17.4 Å². The van der Waals surface area contributed by atoms with E-state index in [0.717, 1.165) is 56.5 Å². The molecule has 134 valence electrons. The Kier molecular flexibility index (Phi) is 5.87. The number of hydrogen-bond donors (Lipinski definition) is 0. The van der Waals surface area contributed by atoms with E-state index >= 15 is 0 Å². The third-order valence-corrected chi connectivity index (χ3v) is 4.68. The van der Waals surface area contributed by atoms with Gasteiger partial charge >= 0.3 is 0 Å². The first kappa shape index (κ1) is 17.7. The molecule has 0 amide bonds. The minimum atomic E-state index is 0.706. The molecule has 0 aliphatic carbocycles. The monoisotopic (exact) mass is 340 g/mol. The van der Waals surface area contributed by atoms with E-state index in [-0.39, 0.29) is 0 Å². The highest BCUT2D eigenvalue weighted by atomic mass is 16.5. The van der Waals surface area contributed by atoms with Crippen LogP contribution in [0.2, 0.25) is 0 Å². The van der Waals surface area contributed by atoms with Crippen molar-refractivity contribution in [3.63, 3.8) is 0 Å². The Morgan fingerprint density at radius 1 is 1.04 bits per heavy atom. The molecule has 0 bridgehead atoms. The molecule has 5 nitrogen and oxygen atoms in total. The van der Waals surface area contributed by atoms with Crippen LogP contribution in [0.1, 0.15) is 30.8 Å². The third-order valence-electron chi connectivity index (χ3n) is 4.68. The van der Waals surface area contributed by atoms with E-state index < -0.39 is 0 Å². The van der Waals surface area contributed by atoms with Gasteiger partial charge in [-0.25, -0.2) is 9.97 Å². The maximum Gasteiger partial charge on any atom is 0.135 e. The van der Waals surface area contributed by atoms with E-state index in [4.69, 9.17) is 9.72 Å². The van der Waals surface area contributed by atoms with E-state index in [1.165, 1.54) is 11.1 Å². The molecular formula is C20H28N4O. The van der Waals surface area contributed by atoms with E-state index in [1.807, 2.05) is 26.1 Å². The summed E-state index contributed by atoms with van der Waals surface area (Å²) < 4.78 is 5.76. The quantitative estimate of drug-likeness (QED) is 0.808. The fourth-order valence-corrected chi connectivity index (χ4v) is 3.30. The summed E-state index contributed by atoms with van der Waals surface area (Å²) in [5.41, 5.74) is 2.51. The van der Waals surface area contributed by atoms with Gasteiger partial charge in [-0.05, 0) is 26.3 Å². The summed E-state index contributed by atoms with van der Waals surface area (Å²) in [6.45, 7) is 11.9. The molecular weight excluding hydrogens is 312 g/mol. The maximum atomic E-state index is 5.76. The van der Waals surface area contributed by atoms with Gasteiger partial charge in [0.25, 0.3) is 0 Å². The smallest absolute Gasteiger partial charge is 0.135 e. The normalized spacial score (nSPS) is 15.4. The van der Waals surface area contributed by atoms with Crippen LogP contribution in [-0.2, 0) is 13.0 Å². The highest BCUT2D eigenvalue weighted by Crippen LogP contribution is 2.23. The van der Waals surface area contributed by atoms with Crippen LogP contribution in [-0.4, -0.2) is 47.7 Å². The van der Waals surface area contributed by atoms with Gasteiger partial charge in [0.05, 0.1) is 6.61 Å². The highest BCUT2D eigenvalue weighted by molar-refractivity contribution is 5.46. The molecule has 3 rings (SSSR count). The molecule has 25 heavy (non-hydrogen) atoms. The molecule has 0 radical (unpaired) electrons. The fourth-order valence-electron chi connectivity index (χ4n) is 3.30. The second-order valence-electron chi connectivity index (χ2n) is 6.42. The Hall–Kier alpha value is -2.14. The topological polar surface area (TPSA) is 41.5 Å². The molecule has 1 aliphatic heterocycles. The second kappa shape index (κ2) is 8.30. The second-order valence-corrected chi connectivity index (χ2v) is 6.42. The lowest BCUT2D eigenvalue weighted by atomic mass is 10.1. The molecule has 1 saturated heterocycles. The maximum absolute atomic E-state index is 5.76. The predicted octanol–water partition coefficient (Wildman–Crippen LogP) is 3.07. The highest BCUT2D eigenvalue weighted by Gasteiger charge is 2.21. The molecule has 2 aromatic rings. The summed E-state index contributed by atoms with van der Waals surface area (Å²) >= 11 is 0. The van der Waals surface area contributed by atoms with Crippen molar-refractivity contribution >= 4 is 5.82 Å². The summed E-state index contributed by atoms with van der Waals surface area (Å²) in [5.74, 6) is 2.97. The first-order valence-corrected chi connectivity index (χ1v) is 9.21. The van der Waals surface area contributed by atoms with Crippen molar-refractivity contribution in [3.05, 3.63) is 47.4 Å². The molecule has 1 fully saturated rings. The Morgan fingerprint density at radius 3 is 2.52 bits per heavy atom. The zero-order chi connectivity index (χ0) is 17.6. The lowest BCUT2D eigenvalue weighted by molar-refractivity contribution is 0.243. The van der Waals surface area contributed by atoms with Gasteiger partial charge in [0.15, 0.2) is 0 Å². The molecule has 0 saturated carbocycles. The van der Waals surface area contributed by atoms with Crippen LogP contribution < -0.4 is 9.64 Å². The van der Waals surface area contributed by atoms with Gasteiger partial charge in [-0.2, -0.15) is 0 Å². The van der Waals surface area contributed by atoms with Crippen LogP contribution in [0.15, 0.2) is 30.5 Å². The number of hydrogen-bond acceptors (Lipinski definition) is 5. The first-order chi connectivity index (χ1) is 12.2. The first-order valence-electron chi connectivity index (χ1n) is 9.21. The molecule has 1 aliphatic rings. The molecule has 0 atom stereocenters. The van der Waals surface area contributed by atoms with Crippen LogP contribution in [0, 0.1) is 6.92 Å². The Bertz CT molecular complexity index is 696. The standard InChI is InChI=1S/C20H28N4O/c1-4-17-14-21-16(3)22-20(17)24-12-10-23(11-13-24)15-18-8-6-7-9-19(18)25-5-2/h6-9,14H,4-5,10-13,15H2,1-3H3. The van der Waals surface area contributed by atoms with Gasteiger partial charge < -0.3 is 9.64 Å². The van der Waals surface area contributed by atoms with Gasteiger partial charge in [0, 0.05) is 50.0 Å². The number of ether oxygens (including phenoxy) is 1. The molecule has 5 heteroatoms. The van der Waals surface area contributed by atoms with Crippen molar-refractivity contribution in [1.82, 2.24) is 14.9 Å². The fraction of sp³-hybridized carbons (Fsp3) is 0.500. The molecule has 0 spiro atoms. The van der Waals surface area contributed by atoms with Crippen LogP contribution in [0.5, 0.6) is 5.75 Å². The molecule has 2 heterocycles. The van der Waals surface area contributed by atoms with Crippen LogP contribution >= 0.6 is 0 Å². The average molecular weight is 340 g/mol. The van der Waals surface area contributed by atoms with Gasteiger partial charge in [-0.3, -0.25) is 4.90 Å². The number of nitrogens with zero attached hydrogens (tertiary/aromatic N) is 4. The summed E-state index contributed by atoms with van der Waals surface area (Å²) in [6, 6.07) is 8.36. The lowest BCUT2D eigenvalue weighted by Gasteiger charge is -2.36. The number of para-hydroxylation sites is 1. The van der Waals surface area contributed by atoms with Crippen molar-refractivity contribution < 1.29 is 4.74 Å². The zero-order valence-electron chi connectivity index (χ0n) is 15.5. The Labute approximate surface area is 150 Å². The number of aryl methyl sites for hydroxylation is 2. The Morgan fingerprint density at radius 2 is 1.80 bits per heavy atom. The minimum Gasteiger partial charge on any atom is -0.494 e. The zero-order valence-corrected chi connectivity index (χ0v) is 15.5. The molecule has 0 N–H and O–H groups in total. The van der Waals surface area contributed by atoms with Crippen LogP contribution in [0.3, 0.4) is 0 Å². The van der Waals surface area contributed by atoms with E-state index in [1.54, 1.807) is 0 Å². The number of benzene rings is 1. The number of rotatable bonds is 6. The SMILES string of the molecule is CCOc1ccccc1CN1CCN(c2nc(C)ncc2CC)CC1. The van der Waals surface area contributed by atoms with Crippen LogP contribution in [0.25, 0.3) is 0 Å². The third kappa shape index (κ3) is 4.28. The van der Waals surface area contributed by atoms with Crippen molar-refractivity contribution in [2.24, 2.45) is 0 Å². The average Bonchev–Trinajstić information content (AvgIpc) is 2.64. The molecule has 0 unspecified atom stereocenters. The summed E-state index contributed by atoms with van der Waals surface area (Å²) in [7, 11) is 0. The molecule has 1 aromatic carbocycles. The summed E-state index contributed by atoms with van der Waals surface area (Å²) in [4.78, 5) is 13.9. The predicted molar refractivity (Wildman–Crippen MR) is 101 cm³/mol. The van der Waals surface area contributed by atoms with Crippen molar-refractivity contribution in [2.45, 2.75) is 33.7 Å². The van der Waals surface area contributed by atoms with Crippen molar-refractivity contribution in [3.8, 4) is 5.75 Å². The number of anilines is 1. The van der Waals surface area contributed by atoms with Gasteiger partial charge in [-0.1, -0.05) is 25.1 Å². The Balaban J connectivity index is 1.64. The van der Waals surface area contributed by atoms with Crippen molar-refractivity contribution in [1.29, 1.82) is 0 Å². The number of piperazine rings is 1. The minimum absolute atomic E-state index is 0.706. The lowest BCUT2D eigenvalue weighted by Crippen LogP contribution is -2.46. The van der Waals surface area contributed by atoms with E-state index in [0.29, 0.717) is 6.61 Å². The van der Waals surface area contributed by atoms with E-state index in [9.17, 15) is 0 Å². The van der Waals surface area contributed by atoms with Gasteiger partial charge in [0.2, 0.25) is 0 Å². The van der Waals surface area contributed by atoms with Crippen LogP contribution in [0.4, 0.5) is 5.82 Å². The number of aromatic nitrogens is 2. The molecule has 1 aromatic heterocycles. The largest absolute Gasteiger partial charge is 0.494 e. The van der Waals surface area contributed by atoms with E-state index in [2.05, 4.69) is 39.9 Å².